The van der Waals surface area contributed by atoms with E-state index < -0.39 is 0 Å². The molecule has 0 saturated heterocycles. The van der Waals surface area contributed by atoms with E-state index in [0.717, 1.165) is 17.1 Å². The van der Waals surface area contributed by atoms with Crippen LogP contribution in [0, 0.1) is 0 Å². The fourth-order valence-electron chi connectivity index (χ4n) is 8.92. The van der Waals surface area contributed by atoms with Crippen LogP contribution in [-0.2, 0) is 0 Å². The van der Waals surface area contributed by atoms with Gasteiger partial charge in [-0.25, -0.2) is 0 Å². The Balaban J connectivity index is 1.17. The van der Waals surface area contributed by atoms with Crippen molar-refractivity contribution in [1.82, 2.24) is 0 Å². The molecule has 11 aromatic rings. The summed E-state index contributed by atoms with van der Waals surface area (Å²) in [5.41, 5.74) is 10.6. The van der Waals surface area contributed by atoms with Gasteiger partial charge < -0.3 is 4.90 Å². The van der Waals surface area contributed by atoms with Gasteiger partial charge in [0.05, 0.1) is 11.4 Å². The molecule has 11 aromatic carbocycles. The Morgan fingerprint density at radius 2 is 0.737 bits per heavy atom. The third kappa shape index (κ3) is 5.63. The average Bonchev–Trinajstić information content (AvgIpc) is 3.29. The van der Waals surface area contributed by atoms with Gasteiger partial charge in [0.25, 0.3) is 0 Å². The molecule has 0 unspecified atom stereocenters. The van der Waals surface area contributed by atoms with Gasteiger partial charge in [-0.2, -0.15) is 0 Å². The second kappa shape index (κ2) is 13.7. The highest BCUT2D eigenvalue weighted by Gasteiger charge is 2.25. The third-order valence-corrected chi connectivity index (χ3v) is 11.6. The van der Waals surface area contributed by atoms with Crippen molar-refractivity contribution in [2.24, 2.45) is 0 Å². The van der Waals surface area contributed by atoms with E-state index >= 15 is 0 Å². The lowest BCUT2D eigenvalue weighted by Crippen LogP contribution is -2.13. The molecule has 0 radical (unpaired) electrons. The lowest BCUT2D eigenvalue weighted by atomic mass is 9.88. The molecule has 0 aliphatic rings. The monoisotopic (exact) mass is 723 g/mol. The Bertz CT molecular complexity index is 3280. The van der Waals surface area contributed by atoms with Gasteiger partial charge in [-0.05, 0) is 101 Å². The second-order valence-electron chi connectivity index (χ2n) is 14.9. The largest absolute Gasteiger partial charge is 0.309 e. The Morgan fingerprint density at radius 3 is 1.53 bits per heavy atom. The molecule has 0 spiro atoms. The van der Waals surface area contributed by atoms with E-state index in [4.69, 9.17) is 0 Å². The van der Waals surface area contributed by atoms with Gasteiger partial charge >= 0.3 is 0 Å². The summed E-state index contributed by atoms with van der Waals surface area (Å²) in [7, 11) is 0. The second-order valence-corrected chi connectivity index (χ2v) is 14.9. The molecule has 266 valence electrons. The van der Waals surface area contributed by atoms with E-state index in [1.54, 1.807) is 0 Å². The highest BCUT2D eigenvalue weighted by Crippen LogP contribution is 2.51. The number of hydrogen-bond donors (Lipinski definition) is 0. The fourth-order valence-corrected chi connectivity index (χ4v) is 8.92. The van der Waals surface area contributed by atoms with E-state index in [9.17, 15) is 0 Å². The Hall–Kier alpha value is -7.48. The number of benzene rings is 11. The minimum atomic E-state index is 1.10. The maximum atomic E-state index is 2.51. The zero-order valence-corrected chi connectivity index (χ0v) is 31.3. The summed E-state index contributed by atoms with van der Waals surface area (Å²) in [4.78, 5) is 2.51. The van der Waals surface area contributed by atoms with Crippen molar-refractivity contribution in [1.29, 1.82) is 0 Å². The summed E-state index contributed by atoms with van der Waals surface area (Å²) in [6.07, 6.45) is 0. The van der Waals surface area contributed by atoms with Crippen molar-refractivity contribution in [3.05, 3.63) is 224 Å². The zero-order valence-electron chi connectivity index (χ0n) is 31.3. The number of anilines is 3. The van der Waals surface area contributed by atoms with Crippen LogP contribution >= 0.6 is 0 Å². The summed E-state index contributed by atoms with van der Waals surface area (Å²) in [5, 5.41) is 12.4. The van der Waals surface area contributed by atoms with Crippen LogP contribution in [0.1, 0.15) is 0 Å². The summed E-state index contributed by atoms with van der Waals surface area (Å²) in [5.74, 6) is 0. The van der Waals surface area contributed by atoms with Gasteiger partial charge in [-0.1, -0.05) is 194 Å². The first-order valence-electron chi connectivity index (χ1n) is 19.7. The van der Waals surface area contributed by atoms with Crippen LogP contribution in [0.3, 0.4) is 0 Å². The van der Waals surface area contributed by atoms with Crippen LogP contribution in [-0.4, -0.2) is 0 Å². The van der Waals surface area contributed by atoms with E-state index in [1.165, 1.54) is 87.2 Å². The normalized spacial score (nSPS) is 11.5. The summed E-state index contributed by atoms with van der Waals surface area (Å²) >= 11 is 0. The van der Waals surface area contributed by atoms with Gasteiger partial charge in [0, 0.05) is 22.0 Å². The van der Waals surface area contributed by atoms with Crippen molar-refractivity contribution in [2.75, 3.05) is 4.90 Å². The van der Waals surface area contributed by atoms with Crippen LogP contribution in [0.5, 0.6) is 0 Å². The Morgan fingerprint density at radius 1 is 0.246 bits per heavy atom. The van der Waals surface area contributed by atoms with E-state index in [2.05, 4.69) is 229 Å². The highest BCUT2D eigenvalue weighted by molar-refractivity contribution is 6.23. The minimum Gasteiger partial charge on any atom is -0.309 e. The first-order valence-corrected chi connectivity index (χ1v) is 19.7. The highest BCUT2D eigenvalue weighted by atomic mass is 15.1. The van der Waals surface area contributed by atoms with Gasteiger partial charge in [-0.15, -0.1) is 0 Å². The molecule has 0 heterocycles. The first kappa shape index (κ1) is 32.9. The molecular formula is C56H37N. The molecule has 0 fully saturated rings. The molecule has 0 aromatic heterocycles. The predicted molar refractivity (Wildman–Crippen MR) is 245 cm³/mol. The lowest BCUT2D eigenvalue weighted by Gasteiger charge is -2.31. The summed E-state index contributed by atoms with van der Waals surface area (Å²) < 4.78 is 0. The number of fused-ring (bicyclic) bond motifs is 7. The average molecular weight is 724 g/mol. The maximum Gasteiger partial charge on any atom is 0.0625 e. The van der Waals surface area contributed by atoms with Crippen molar-refractivity contribution in [3.63, 3.8) is 0 Å². The number of hydrogen-bond acceptors (Lipinski definition) is 1. The van der Waals surface area contributed by atoms with Crippen molar-refractivity contribution in [2.45, 2.75) is 0 Å². The minimum absolute atomic E-state index is 1.10. The predicted octanol–water partition coefficient (Wildman–Crippen LogP) is 15.9. The summed E-state index contributed by atoms with van der Waals surface area (Å²) in [6.45, 7) is 0. The van der Waals surface area contributed by atoms with Gasteiger partial charge in [-0.3, -0.25) is 0 Å². The molecule has 0 atom stereocenters. The van der Waals surface area contributed by atoms with Crippen molar-refractivity contribution >= 4 is 70.9 Å². The molecule has 0 aliphatic carbocycles. The molecule has 11 rings (SSSR count). The standard InChI is InChI=1S/C56H37N/c1-2-14-38(15-3-1)42-19-12-20-45(37-42)55-52-25-10-8-23-50(52)51-24-9-11-26-53(51)56(55)57(54-27-13-18-40-16-5-7-22-49(40)54)46-33-30-39(31-34-46)43-32-35-48-44(36-43)29-28-41-17-4-6-21-47(41)48/h1-37H. The molecule has 57 heavy (non-hydrogen) atoms. The van der Waals surface area contributed by atoms with E-state index in [0.29, 0.717) is 0 Å². The molecule has 0 N–H and O–H groups in total. The van der Waals surface area contributed by atoms with Crippen LogP contribution < -0.4 is 4.90 Å². The van der Waals surface area contributed by atoms with Gasteiger partial charge in [0.2, 0.25) is 0 Å². The maximum absolute atomic E-state index is 2.51. The molecular weight excluding hydrogens is 687 g/mol. The fraction of sp³-hybridized carbons (Fsp3) is 0. The molecule has 0 bridgehead atoms. The Kier molecular flexibility index (Phi) is 7.89. The molecule has 1 heteroatoms. The van der Waals surface area contributed by atoms with Crippen molar-refractivity contribution in [3.8, 4) is 33.4 Å². The zero-order chi connectivity index (χ0) is 37.7. The quantitative estimate of drug-likeness (QED) is 0.154. The van der Waals surface area contributed by atoms with Crippen LogP contribution in [0.4, 0.5) is 17.1 Å². The van der Waals surface area contributed by atoms with E-state index in [1.807, 2.05) is 0 Å². The van der Waals surface area contributed by atoms with Crippen molar-refractivity contribution < 1.29 is 0 Å². The van der Waals surface area contributed by atoms with E-state index in [-0.39, 0.29) is 0 Å². The lowest BCUT2D eigenvalue weighted by molar-refractivity contribution is 1.32. The number of rotatable bonds is 6. The third-order valence-electron chi connectivity index (χ3n) is 11.6. The van der Waals surface area contributed by atoms with Crippen LogP contribution in [0.2, 0.25) is 0 Å². The van der Waals surface area contributed by atoms with Gasteiger partial charge in [0.15, 0.2) is 0 Å². The van der Waals surface area contributed by atoms with Crippen LogP contribution in [0.15, 0.2) is 224 Å². The SMILES string of the molecule is c1ccc(-c2cccc(-c3c(N(c4ccc(-c5ccc6c(ccc7ccccc76)c5)cc4)c4cccc5ccccc45)c4ccccc4c4ccccc34)c2)cc1. The topological polar surface area (TPSA) is 3.24 Å². The first-order chi connectivity index (χ1) is 28.3. The smallest absolute Gasteiger partial charge is 0.0625 e. The molecule has 0 amide bonds. The molecule has 0 aliphatic heterocycles. The summed E-state index contributed by atoms with van der Waals surface area (Å²) in [6, 6.07) is 82.2. The molecule has 0 saturated carbocycles. The van der Waals surface area contributed by atoms with Crippen LogP contribution in [0.25, 0.3) is 87.2 Å². The Labute approximate surface area is 332 Å². The molecule has 1 nitrogen and oxygen atoms in total. The van der Waals surface area contributed by atoms with Gasteiger partial charge in [0.1, 0.15) is 0 Å². The number of nitrogens with zero attached hydrogens (tertiary/aromatic N) is 1.